The number of aliphatic hydroxyl groups excluding tert-OH is 1. The Morgan fingerprint density at radius 3 is 2.55 bits per heavy atom. The van der Waals surface area contributed by atoms with Crippen LogP contribution in [0.1, 0.15) is 17.2 Å². The smallest absolute Gasteiger partial charge is 0.329 e. The molecule has 3 N–H and O–H groups in total. The third-order valence-corrected chi connectivity index (χ3v) is 5.27. The molecule has 0 bridgehead atoms. The Hall–Kier alpha value is -2.87. The lowest BCUT2D eigenvalue weighted by Crippen LogP contribution is -2.36. The molecule has 1 aliphatic rings. The second-order valence-corrected chi connectivity index (χ2v) is 7.28. The minimum Gasteiger partial charge on any atom is -0.394 e. The molecule has 1 atom stereocenters. The maximum Gasteiger partial charge on any atom is 0.329 e. The van der Waals surface area contributed by atoms with Crippen LogP contribution in [0.2, 0.25) is 10.0 Å². The number of hydrogen-bond donors (Lipinski definition) is 3. The van der Waals surface area contributed by atoms with E-state index in [0.29, 0.717) is 21.5 Å². The number of hydrogen-bond acceptors (Lipinski definition) is 3. The molecule has 0 saturated carbocycles. The Morgan fingerprint density at radius 2 is 1.86 bits per heavy atom. The number of halogens is 3. The molecule has 1 unspecified atom stereocenters. The zero-order chi connectivity index (χ0) is 20.7. The zero-order valence-corrected chi connectivity index (χ0v) is 16.3. The summed E-state index contributed by atoms with van der Waals surface area (Å²) < 4.78 is 14.1. The molecule has 2 heterocycles. The van der Waals surface area contributed by atoms with Crippen LogP contribution in [0.25, 0.3) is 17.0 Å². The van der Waals surface area contributed by atoms with Gasteiger partial charge in [-0.3, -0.25) is 4.79 Å². The summed E-state index contributed by atoms with van der Waals surface area (Å²) >= 11 is 11.7. The number of carbonyl (C=O) groups is 2. The fraction of sp³-hybridized carbons (Fsp3) is 0.100. The summed E-state index contributed by atoms with van der Waals surface area (Å²) in [7, 11) is 0. The van der Waals surface area contributed by atoms with E-state index in [1.165, 1.54) is 18.3 Å². The molecule has 0 radical (unpaired) electrons. The standard InChI is InChI=1S/C20H14Cl2FN3O3/c21-12-3-1-10(2-4-12)16(9-27)26-19(28)15(25-20(26)29)7-11-8-24-18-13(11)5-6-14(22)17(18)23/h1-8,16,24,27H,9H2,(H,25,29). The average Bonchev–Trinajstić information content (AvgIpc) is 3.23. The van der Waals surface area contributed by atoms with Gasteiger partial charge in [-0.05, 0) is 29.8 Å². The first-order valence-electron chi connectivity index (χ1n) is 8.58. The molecule has 9 heteroatoms. The van der Waals surface area contributed by atoms with Crippen molar-refractivity contribution >= 4 is 52.1 Å². The summed E-state index contributed by atoms with van der Waals surface area (Å²) in [4.78, 5) is 29.1. The SMILES string of the molecule is O=C1NC(=Cc2c[nH]c3c(F)c(Cl)ccc23)C(=O)N1C(CO)c1ccc(Cl)cc1. The Kier molecular flexibility index (Phi) is 5.04. The highest BCUT2D eigenvalue weighted by atomic mass is 35.5. The van der Waals surface area contributed by atoms with Crippen molar-refractivity contribution in [3.63, 3.8) is 0 Å². The molecule has 4 rings (SSSR count). The van der Waals surface area contributed by atoms with Crippen LogP contribution < -0.4 is 5.32 Å². The molecule has 0 aliphatic carbocycles. The number of rotatable bonds is 4. The number of benzene rings is 2. The number of fused-ring (bicyclic) bond motifs is 1. The van der Waals surface area contributed by atoms with Gasteiger partial charge in [0.1, 0.15) is 5.70 Å². The predicted molar refractivity (Wildman–Crippen MR) is 108 cm³/mol. The molecule has 1 aromatic heterocycles. The minimum atomic E-state index is -0.870. The van der Waals surface area contributed by atoms with Gasteiger partial charge in [-0.1, -0.05) is 41.4 Å². The third-order valence-electron chi connectivity index (χ3n) is 4.73. The summed E-state index contributed by atoms with van der Waals surface area (Å²) in [6.45, 7) is -0.454. The molecule has 1 saturated heterocycles. The summed E-state index contributed by atoms with van der Waals surface area (Å²) in [5.41, 5.74) is 1.28. The molecule has 1 aliphatic heterocycles. The Bertz CT molecular complexity index is 1160. The number of nitrogens with zero attached hydrogens (tertiary/aromatic N) is 1. The van der Waals surface area contributed by atoms with E-state index in [4.69, 9.17) is 23.2 Å². The molecular weight excluding hydrogens is 420 g/mol. The van der Waals surface area contributed by atoms with Crippen molar-refractivity contribution in [2.24, 2.45) is 0 Å². The maximum atomic E-state index is 14.1. The van der Waals surface area contributed by atoms with Gasteiger partial charge < -0.3 is 15.4 Å². The van der Waals surface area contributed by atoms with Crippen molar-refractivity contribution in [3.05, 3.63) is 75.3 Å². The first-order valence-corrected chi connectivity index (χ1v) is 9.34. The van der Waals surface area contributed by atoms with Crippen LogP contribution in [-0.4, -0.2) is 33.5 Å². The number of aromatic nitrogens is 1. The Labute approximate surface area is 174 Å². The van der Waals surface area contributed by atoms with Gasteiger partial charge in [-0.15, -0.1) is 0 Å². The summed E-state index contributed by atoms with van der Waals surface area (Å²) in [6, 6.07) is 8.00. The van der Waals surface area contributed by atoms with Gasteiger partial charge in [0.15, 0.2) is 5.82 Å². The van der Waals surface area contributed by atoms with Gasteiger partial charge >= 0.3 is 6.03 Å². The van der Waals surface area contributed by atoms with E-state index in [1.54, 1.807) is 30.3 Å². The number of aliphatic hydroxyl groups is 1. The molecule has 1 fully saturated rings. The van der Waals surface area contributed by atoms with Crippen LogP contribution in [0.15, 0.2) is 48.3 Å². The highest BCUT2D eigenvalue weighted by molar-refractivity contribution is 6.31. The highest BCUT2D eigenvalue weighted by Gasteiger charge is 2.39. The molecule has 3 amide bonds. The van der Waals surface area contributed by atoms with Crippen molar-refractivity contribution in [3.8, 4) is 0 Å². The second kappa shape index (κ2) is 7.51. The van der Waals surface area contributed by atoms with Gasteiger partial charge in [0.2, 0.25) is 0 Å². The zero-order valence-electron chi connectivity index (χ0n) is 14.7. The molecular formula is C20H14Cl2FN3O3. The van der Waals surface area contributed by atoms with E-state index in [1.807, 2.05) is 0 Å². The van der Waals surface area contributed by atoms with Crippen LogP contribution in [0.5, 0.6) is 0 Å². The number of carbonyl (C=O) groups excluding carboxylic acids is 2. The molecule has 148 valence electrons. The molecule has 3 aromatic rings. The first kappa shape index (κ1) is 19.4. The van der Waals surface area contributed by atoms with Crippen molar-refractivity contribution in [1.82, 2.24) is 15.2 Å². The van der Waals surface area contributed by atoms with Crippen LogP contribution >= 0.6 is 23.2 Å². The van der Waals surface area contributed by atoms with Crippen LogP contribution in [0.4, 0.5) is 9.18 Å². The molecule has 29 heavy (non-hydrogen) atoms. The fourth-order valence-corrected chi connectivity index (χ4v) is 3.57. The predicted octanol–water partition coefficient (Wildman–Crippen LogP) is 4.24. The average molecular weight is 434 g/mol. The normalized spacial score (nSPS) is 16.7. The first-order chi connectivity index (χ1) is 13.9. The van der Waals surface area contributed by atoms with Crippen LogP contribution in [0.3, 0.4) is 0 Å². The monoisotopic (exact) mass is 433 g/mol. The van der Waals surface area contributed by atoms with E-state index in [0.717, 1.165) is 4.90 Å². The van der Waals surface area contributed by atoms with Crippen molar-refractivity contribution < 1.29 is 19.1 Å². The fourth-order valence-electron chi connectivity index (χ4n) is 3.29. The number of urea groups is 1. The Morgan fingerprint density at radius 1 is 1.14 bits per heavy atom. The maximum absolute atomic E-state index is 14.1. The molecule has 6 nitrogen and oxygen atoms in total. The van der Waals surface area contributed by atoms with Gasteiger partial charge in [-0.25, -0.2) is 14.1 Å². The third kappa shape index (κ3) is 3.37. The lowest BCUT2D eigenvalue weighted by Gasteiger charge is -2.23. The van der Waals surface area contributed by atoms with E-state index in [-0.39, 0.29) is 16.2 Å². The second-order valence-electron chi connectivity index (χ2n) is 6.44. The highest BCUT2D eigenvalue weighted by Crippen LogP contribution is 2.30. The number of imide groups is 1. The summed E-state index contributed by atoms with van der Waals surface area (Å²) in [6.07, 6.45) is 2.96. The van der Waals surface area contributed by atoms with Crippen LogP contribution in [0, 0.1) is 5.82 Å². The van der Waals surface area contributed by atoms with E-state index < -0.39 is 30.4 Å². The number of H-pyrrole nitrogens is 1. The van der Waals surface area contributed by atoms with Crippen molar-refractivity contribution in [2.75, 3.05) is 6.61 Å². The lowest BCUT2D eigenvalue weighted by atomic mass is 10.1. The van der Waals surface area contributed by atoms with Gasteiger partial charge in [0, 0.05) is 22.2 Å². The van der Waals surface area contributed by atoms with Crippen LogP contribution in [-0.2, 0) is 4.79 Å². The van der Waals surface area contributed by atoms with Gasteiger partial charge in [-0.2, -0.15) is 0 Å². The number of amides is 3. The lowest BCUT2D eigenvalue weighted by molar-refractivity contribution is -0.125. The van der Waals surface area contributed by atoms with E-state index >= 15 is 0 Å². The Balaban J connectivity index is 1.69. The van der Waals surface area contributed by atoms with Crippen molar-refractivity contribution in [1.29, 1.82) is 0 Å². The van der Waals surface area contributed by atoms with Gasteiger partial charge in [0.05, 0.1) is 23.2 Å². The van der Waals surface area contributed by atoms with E-state index in [2.05, 4.69) is 10.3 Å². The summed E-state index contributed by atoms with van der Waals surface area (Å²) in [5, 5.41) is 13.3. The number of nitrogens with one attached hydrogen (secondary N) is 2. The van der Waals surface area contributed by atoms with Gasteiger partial charge in [0.25, 0.3) is 5.91 Å². The minimum absolute atomic E-state index is 0.0127. The molecule has 0 spiro atoms. The van der Waals surface area contributed by atoms with E-state index in [9.17, 15) is 19.1 Å². The molecule has 2 aromatic carbocycles. The topological polar surface area (TPSA) is 85.4 Å². The largest absolute Gasteiger partial charge is 0.394 e. The summed E-state index contributed by atoms with van der Waals surface area (Å²) in [5.74, 6) is -1.20. The quantitative estimate of drug-likeness (QED) is 0.424. The number of aromatic amines is 1. The van der Waals surface area contributed by atoms with Crippen molar-refractivity contribution in [2.45, 2.75) is 6.04 Å².